The summed E-state index contributed by atoms with van der Waals surface area (Å²) in [6.45, 7) is 6.49. The average Bonchev–Trinajstić information content (AvgIpc) is 3.35. The monoisotopic (exact) mass is 961 g/mol. The fourth-order valence-corrected chi connectivity index (χ4v) is 8.03. The Labute approximate surface area is 426 Å². The molecule has 6 heteroatoms. The van der Waals surface area contributed by atoms with Gasteiger partial charge in [-0.1, -0.05) is 247 Å². The molecular formula is C63H108O6. The Morgan fingerprint density at radius 3 is 0.913 bits per heavy atom. The van der Waals surface area contributed by atoms with Crippen molar-refractivity contribution in [1.29, 1.82) is 0 Å². The summed E-state index contributed by atoms with van der Waals surface area (Å²) in [5.41, 5.74) is 0. The van der Waals surface area contributed by atoms with E-state index in [1.165, 1.54) is 116 Å². The second kappa shape index (κ2) is 57.2. The molecule has 0 bridgehead atoms. The predicted octanol–water partition coefficient (Wildman–Crippen LogP) is 19.5. The highest BCUT2D eigenvalue weighted by atomic mass is 16.6. The van der Waals surface area contributed by atoms with E-state index in [0.29, 0.717) is 19.3 Å². The van der Waals surface area contributed by atoms with Crippen LogP contribution in [0.1, 0.15) is 278 Å². The van der Waals surface area contributed by atoms with Crippen LogP contribution in [0.15, 0.2) is 85.1 Å². The minimum Gasteiger partial charge on any atom is -0.462 e. The predicted molar refractivity (Wildman–Crippen MR) is 297 cm³/mol. The van der Waals surface area contributed by atoms with Crippen molar-refractivity contribution in [3.8, 4) is 0 Å². The lowest BCUT2D eigenvalue weighted by Crippen LogP contribution is -2.30. The van der Waals surface area contributed by atoms with E-state index in [1.807, 2.05) is 0 Å². The molecule has 0 radical (unpaired) electrons. The summed E-state index contributed by atoms with van der Waals surface area (Å²) in [6.07, 6.45) is 74.2. The summed E-state index contributed by atoms with van der Waals surface area (Å²) in [6, 6.07) is 0. The van der Waals surface area contributed by atoms with E-state index < -0.39 is 6.10 Å². The quantitative estimate of drug-likeness (QED) is 0.0262. The Morgan fingerprint density at radius 2 is 0.565 bits per heavy atom. The van der Waals surface area contributed by atoms with E-state index in [-0.39, 0.29) is 31.1 Å². The topological polar surface area (TPSA) is 78.9 Å². The smallest absolute Gasteiger partial charge is 0.306 e. The highest BCUT2D eigenvalue weighted by molar-refractivity contribution is 5.71. The Balaban J connectivity index is 4.46. The number of carbonyl (C=O) groups excluding carboxylic acids is 3. The first kappa shape index (κ1) is 65.6. The molecule has 1 atom stereocenters. The van der Waals surface area contributed by atoms with Gasteiger partial charge in [0.2, 0.25) is 0 Å². The summed E-state index contributed by atoms with van der Waals surface area (Å²) in [7, 11) is 0. The number of hydrogen-bond donors (Lipinski definition) is 0. The SMILES string of the molecule is CC/C=C\C/C=C\C/C=C\C/C=C\C/C=C\CCCCCC(=O)OCC(COC(=O)CCCCCCCCCCCCCCCCCC)OC(=O)CCCCCCC/C=C\C/C=C\CCCCCC. The van der Waals surface area contributed by atoms with Gasteiger partial charge in [-0.25, -0.2) is 0 Å². The Bertz CT molecular complexity index is 1330. The summed E-state index contributed by atoms with van der Waals surface area (Å²) in [5, 5.41) is 0. The van der Waals surface area contributed by atoms with Crippen LogP contribution in [0, 0.1) is 0 Å². The number of esters is 3. The molecule has 0 aliphatic carbocycles. The molecule has 0 aliphatic rings. The lowest BCUT2D eigenvalue weighted by Gasteiger charge is -2.18. The lowest BCUT2D eigenvalue weighted by atomic mass is 10.0. The maximum atomic E-state index is 12.9. The van der Waals surface area contributed by atoms with Crippen LogP contribution in [0.3, 0.4) is 0 Å². The fraction of sp³-hybridized carbons (Fsp3) is 0.730. The number of allylic oxidation sites excluding steroid dienone is 14. The zero-order valence-corrected chi connectivity index (χ0v) is 45.3. The van der Waals surface area contributed by atoms with Gasteiger partial charge in [0.25, 0.3) is 0 Å². The maximum absolute atomic E-state index is 12.9. The number of rotatable bonds is 52. The van der Waals surface area contributed by atoms with Gasteiger partial charge in [-0.3, -0.25) is 14.4 Å². The van der Waals surface area contributed by atoms with Crippen molar-refractivity contribution < 1.29 is 28.6 Å². The van der Waals surface area contributed by atoms with Crippen LogP contribution >= 0.6 is 0 Å². The number of hydrogen-bond acceptors (Lipinski definition) is 6. The second-order valence-electron chi connectivity index (χ2n) is 19.2. The van der Waals surface area contributed by atoms with Crippen LogP contribution in [0.2, 0.25) is 0 Å². The molecule has 0 saturated carbocycles. The van der Waals surface area contributed by atoms with Crippen molar-refractivity contribution >= 4 is 17.9 Å². The molecule has 396 valence electrons. The van der Waals surface area contributed by atoms with Gasteiger partial charge < -0.3 is 14.2 Å². The number of unbranched alkanes of at least 4 members (excludes halogenated alkanes) is 27. The third kappa shape index (κ3) is 55.4. The number of carbonyl (C=O) groups is 3. The van der Waals surface area contributed by atoms with Crippen LogP contribution < -0.4 is 0 Å². The van der Waals surface area contributed by atoms with Gasteiger partial charge in [-0.15, -0.1) is 0 Å². The molecule has 1 unspecified atom stereocenters. The van der Waals surface area contributed by atoms with Crippen molar-refractivity contribution in [1.82, 2.24) is 0 Å². The first-order chi connectivity index (χ1) is 34.0. The Morgan fingerprint density at radius 1 is 0.304 bits per heavy atom. The Hall–Kier alpha value is -3.41. The first-order valence-electron chi connectivity index (χ1n) is 29.1. The van der Waals surface area contributed by atoms with Crippen molar-refractivity contribution in [2.24, 2.45) is 0 Å². The second-order valence-corrected chi connectivity index (χ2v) is 19.2. The zero-order chi connectivity index (χ0) is 50.0. The molecule has 0 saturated heterocycles. The molecular weight excluding hydrogens is 853 g/mol. The summed E-state index contributed by atoms with van der Waals surface area (Å²) >= 11 is 0. The van der Waals surface area contributed by atoms with Crippen LogP contribution in [0.25, 0.3) is 0 Å². The van der Waals surface area contributed by atoms with Gasteiger partial charge in [0.1, 0.15) is 13.2 Å². The van der Waals surface area contributed by atoms with E-state index in [0.717, 1.165) is 122 Å². The van der Waals surface area contributed by atoms with E-state index >= 15 is 0 Å². The van der Waals surface area contributed by atoms with Crippen molar-refractivity contribution in [3.05, 3.63) is 85.1 Å². The summed E-state index contributed by atoms with van der Waals surface area (Å²) in [5.74, 6) is -0.930. The van der Waals surface area contributed by atoms with E-state index in [2.05, 4.69) is 106 Å². The largest absolute Gasteiger partial charge is 0.462 e. The van der Waals surface area contributed by atoms with Gasteiger partial charge >= 0.3 is 17.9 Å². The number of ether oxygens (including phenoxy) is 3. The third-order valence-electron chi connectivity index (χ3n) is 12.4. The standard InChI is InChI=1S/C63H108O6/c1-4-7-10-13-16-19-22-25-28-31-32-33-36-38-41-44-47-50-53-56-62(65)68-59-60(69-63(66)57-54-51-48-45-42-39-35-30-27-24-21-18-15-12-9-6-3)58-67-61(64)55-52-49-46-43-40-37-34-29-26-23-20-17-14-11-8-5-2/h7,10,16,19,21,24-25,28,30,32-33,35,38,41,60H,4-6,8-9,11-15,17-18,20,22-23,26-27,29,31,34,36-37,39-40,42-59H2,1-3H3/b10-7-,19-16-,24-21-,28-25-,33-32-,35-30-,41-38-. The molecule has 6 nitrogen and oxygen atoms in total. The van der Waals surface area contributed by atoms with Gasteiger partial charge in [-0.05, 0) is 96.3 Å². The van der Waals surface area contributed by atoms with Crippen LogP contribution in [-0.4, -0.2) is 37.2 Å². The zero-order valence-electron chi connectivity index (χ0n) is 45.3. The van der Waals surface area contributed by atoms with E-state index in [1.54, 1.807) is 0 Å². The minimum absolute atomic E-state index is 0.0910. The molecule has 0 aromatic rings. The van der Waals surface area contributed by atoms with Gasteiger partial charge in [0.15, 0.2) is 6.10 Å². The summed E-state index contributed by atoms with van der Waals surface area (Å²) < 4.78 is 16.8. The van der Waals surface area contributed by atoms with Gasteiger partial charge in [-0.2, -0.15) is 0 Å². The normalized spacial score (nSPS) is 12.7. The molecule has 0 spiro atoms. The van der Waals surface area contributed by atoms with Gasteiger partial charge in [0, 0.05) is 19.3 Å². The average molecular weight is 962 g/mol. The molecule has 0 heterocycles. The van der Waals surface area contributed by atoms with Crippen LogP contribution in [0.5, 0.6) is 0 Å². The molecule has 0 aromatic heterocycles. The van der Waals surface area contributed by atoms with Crippen LogP contribution in [0.4, 0.5) is 0 Å². The molecule has 69 heavy (non-hydrogen) atoms. The molecule has 0 N–H and O–H groups in total. The maximum Gasteiger partial charge on any atom is 0.306 e. The first-order valence-corrected chi connectivity index (χ1v) is 29.1. The fourth-order valence-electron chi connectivity index (χ4n) is 8.03. The molecule has 0 fully saturated rings. The lowest BCUT2D eigenvalue weighted by molar-refractivity contribution is -0.167. The minimum atomic E-state index is -0.797. The Kier molecular flexibility index (Phi) is 54.3. The highest BCUT2D eigenvalue weighted by Crippen LogP contribution is 2.15. The summed E-state index contributed by atoms with van der Waals surface area (Å²) in [4.78, 5) is 38.2. The van der Waals surface area contributed by atoms with Crippen molar-refractivity contribution in [2.75, 3.05) is 13.2 Å². The van der Waals surface area contributed by atoms with Crippen molar-refractivity contribution in [2.45, 2.75) is 284 Å². The van der Waals surface area contributed by atoms with E-state index in [9.17, 15) is 14.4 Å². The molecule has 0 amide bonds. The third-order valence-corrected chi connectivity index (χ3v) is 12.4. The highest BCUT2D eigenvalue weighted by Gasteiger charge is 2.19. The van der Waals surface area contributed by atoms with Crippen molar-refractivity contribution in [3.63, 3.8) is 0 Å². The molecule has 0 aliphatic heterocycles. The van der Waals surface area contributed by atoms with Crippen LogP contribution in [-0.2, 0) is 28.6 Å². The van der Waals surface area contributed by atoms with Gasteiger partial charge in [0.05, 0.1) is 0 Å². The molecule has 0 aromatic carbocycles. The molecule has 0 rings (SSSR count). The van der Waals surface area contributed by atoms with E-state index in [4.69, 9.17) is 14.2 Å².